The average molecular weight is 624 g/mol. The third kappa shape index (κ3) is 6.45. The number of benzene rings is 3. The van der Waals surface area contributed by atoms with Crippen LogP contribution < -0.4 is 9.47 Å². The normalized spacial score (nSPS) is 20.3. The van der Waals surface area contributed by atoms with Crippen LogP contribution in [0.25, 0.3) is 0 Å². The number of carbonyl (C=O) groups is 2. The largest absolute Gasteiger partial charge is 0.497 e. The van der Waals surface area contributed by atoms with E-state index in [4.69, 9.17) is 37.7 Å². The highest BCUT2D eigenvalue weighted by Crippen LogP contribution is 2.46. The van der Waals surface area contributed by atoms with E-state index in [0.717, 1.165) is 11.1 Å². The molecule has 3 atom stereocenters. The summed E-state index contributed by atoms with van der Waals surface area (Å²) >= 11 is 12.6. The lowest BCUT2D eigenvalue weighted by Crippen LogP contribution is -2.58. The van der Waals surface area contributed by atoms with Gasteiger partial charge < -0.3 is 19.3 Å². The van der Waals surface area contributed by atoms with Crippen molar-refractivity contribution in [3.8, 4) is 11.5 Å². The van der Waals surface area contributed by atoms with Gasteiger partial charge in [0, 0.05) is 48.7 Å². The third-order valence-electron chi connectivity index (χ3n) is 7.79. The van der Waals surface area contributed by atoms with Crippen molar-refractivity contribution in [1.82, 2.24) is 14.7 Å². The molecule has 0 bridgehead atoms. The lowest BCUT2D eigenvalue weighted by atomic mass is 9.93. The van der Waals surface area contributed by atoms with Crippen molar-refractivity contribution in [2.75, 3.05) is 26.7 Å². The van der Waals surface area contributed by atoms with E-state index in [0.29, 0.717) is 52.6 Å². The Labute approximate surface area is 262 Å². The molecule has 5 rings (SSSR count). The highest BCUT2D eigenvalue weighted by Gasteiger charge is 2.45. The first-order chi connectivity index (χ1) is 20.6. The Hall–Kier alpha value is -3.75. The van der Waals surface area contributed by atoms with Crippen LogP contribution in [0.4, 0.5) is 4.79 Å². The third-order valence-corrected chi connectivity index (χ3v) is 8.29. The van der Waals surface area contributed by atoms with Crippen molar-refractivity contribution < 1.29 is 19.1 Å². The number of amidine groups is 1. The van der Waals surface area contributed by atoms with E-state index in [1.165, 1.54) is 0 Å². The summed E-state index contributed by atoms with van der Waals surface area (Å²) in [5.74, 6) is 1.68. The van der Waals surface area contributed by atoms with Crippen LogP contribution in [0, 0.1) is 0 Å². The van der Waals surface area contributed by atoms with E-state index in [1.807, 2.05) is 87.5 Å². The summed E-state index contributed by atoms with van der Waals surface area (Å²) in [5, 5.41) is 1.21. The molecule has 226 valence electrons. The van der Waals surface area contributed by atoms with Crippen LogP contribution in [-0.4, -0.2) is 71.4 Å². The molecule has 1 fully saturated rings. The number of ether oxygens (including phenoxy) is 2. The fourth-order valence-corrected chi connectivity index (χ4v) is 6.02. The Kier molecular flexibility index (Phi) is 9.18. The Morgan fingerprint density at radius 1 is 0.930 bits per heavy atom. The number of piperazine rings is 1. The number of amides is 3. The molecule has 2 aliphatic heterocycles. The van der Waals surface area contributed by atoms with Crippen molar-refractivity contribution in [3.05, 3.63) is 93.5 Å². The first-order valence-corrected chi connectivity index (χ1v) is 15.1. The molecular formula is C33H36Cl2N4O4. The molecule has 3 unspecified atom stereocenters. The van der Waals surface area contributed by atoms with Gasteiger partial charge in [-0.1, -0.05) is 47.5 Å². The van der Waals surface area contributed by atoms with Gasteiger partial charge >= 0.3 is 6.03 Å². The van der Waals surface area contributed by atoms with Crippen molar-refractivity contribution >= 4 is 41.0 Å². The number of methoxy groups -OCH3 is 1. The molecule has 2 aliphatic rings. The van der Waals surface area contributed by atoms with Crippen molar-refractivity contribution in [3.63, 3.8) is 0 Å². The fourth-order valence-electron chi connectivity index (χ4n) is 5.77. The number of hydrogen-bond acceptors (Lipinski definition) is 5. The van der Waals surface area contributed by atoms with E-state index in [1.54, 1.807) is 28.7 Å². The van der Waals surface area contributed by atoms with Crippen molar-refractivity contribution in [1.29, 1.82) is 0 Å². The maximum atomic E-state index is 14.7. The van der Waals surface area contributed by atoms with Gasteiger partial charge in [0.05, 0.1) is 24.8 Å². The van der Waals surface area contributed by atoms with Gasteiger partial charge in [0.25, 0.3) is 0 Å². The number of aliphatic imine (C=N–C) groups is 1. The molecule has 0 aromatic heterocycles. The number of rotatable bonds is 6. The van der Waals surface area contributed by atoms with Crippen molar-refractivity contribution in [2.24, 2.45) is 4.99 Å². The van der Waals surface area contributed by atoms with Crippen molar-refractivity contribution in [2.45, 2.75) is 51.9 Å². The SMILES string of the molecule is COc1ccc(C2=NC(c3ccc(Cl)cc3)C(c3ccc(Cl)cc3)N2C(=O)N2CCN(C(C)=O)C(C)C2)c(OC(C)C)c1. The van der Waals surface area contributed by atoms with E-state index in [2.05, 4.69) is 0 Å². The molecule has 43 heavy (non-hydrogen) atoms. The molecule has 3 amide bonds. The molecule has 0 aliphatic carbocycles. The Morgan fingerprint density at radius 3 is 2.12 bits per heavy atom. The fraction of sp³-hybridized carbons (Fsp3) is 0.364. The second-order valence-electron chi connectivity index (χ2n) is 11.1. The van der Waals surface area contributed by atoms with Gasteiger partial charge in [0.2, 0.25) is 5.91 Å². The number of urea groups is 1. The summed E-state index contributed by atoms with van der Waals surface area (Å²) in [5.41, 5.74) is 2.46. The van der Waals surface area contributed by atoms with E-state index < -0.39 is 12.1 Å². The topological polar surface area (TPSA) is 74.7 Å². The van der Waals surface area contributed by atoms with Gasteiger partial charge in [-0.2, -0.15) is 0 Å². The molecule has 1 saturated heterocycles. The number of carbonyl (C=O) groups excluding carboxylic acids is 2. The minimum atomic E-state index is -0.490. The summed E-state index contributed by atoms with van der Waals surface area (Å²) < 4.78 is 11.8. The minimum Gasteiger partial charge on any atom is -0.497 e. The molecule has 0 N–H and O–H groups in total. The molecule has 8 nitrogen and oxygen atoms in total. The van der Waals surface area contributed by atoms with Crippen LogP contribution in [0.5, 0.6) is 11.5 Å². The number of hydrogen-bond donors (Lipinski definition) is 0. The van der Waals surface area contributed by atoms with Crippen LogP contribution in [0.3, 0.4) is 0 Å². The standard InChI is InChI=1S/C33H36Cl2N4O4/c1-20(2)43-29-18-27(42-5)14-15-28(29)32-36-30(23-6-10-25(34)11-7-23)31(24-8-12-26(35)13-9-24)39(32)33(41)37-16-17-38(22(4)40)21(3)19-37/h6-15,18,20-21,30-31H,16-17,19H2,1-5H3. The predicted molar refractivity (Wildman–Crippen MR) is 169 cm³/mol. The van der Waals surface area contributed by atoms with E-state index in [9.17, 15) is 9.59 Å². The van der Waals surface area contributed by atoms with Crippen LogP contribution in [0.15, 0.2) is 71.7 Å². The van der Waals surface area contributed by atoms with Gasteiger partial charge in [0.15, 0.2) is 0 Å². The van der Waals surface area contributed by atoms with Gasteiger partial charge in [-0.05, 0) is 68.3 Å². The quantitative estimate of drug-likeness (QED) is 0.296. The molecule has 2 heterocycles. The molecule has 0 saturated carbocycles. The summed E-state index contributed by atoms with van der Waals surface area (Å²) in [6.45, 7) is 8.69. The van der Waals surface area contributed by atoms with Crippen LogP contribution in [-0.2, 0) is 4.79 Å². The minimum absolute atomic E-state index is 0.00132. The lowest BCUT2D eigenvalue weighted by Gasteiger charge is -2.42. The number of nitrogens with zero attached hydrogens (tertiary/aromatic N) is 4. The second-order valence-corrected chi connectivity index (χ2v) is 12.0. The highest BCUT2D eigenvalue weighted by atomic mass is 35.5. The van der Waals surface area contributed by atoms with Crippen LogP contribution in [0.2, 0.25) is 10.0 Å². The summed E-state index contributed by atoms with van der Waals surface area (Å²) in [4.78, 5) is 37.5. The predicted octanol–water partition coefficient (Wildman–Crippen LogP) is 7.01. The zero-order valence-electron chi connectivity index (χ0n) is 25.0. The van der Waals surface area contributed by atoms with Crippen LogP contribution >= 0.6 is 23.2 Å². The zero-order valence-corrected chi connectivity index (χ0v) is 26.5. The summed E-state index contributed by atoms with van der Waals surface area (Å²) in [6, 6.07) is 19.4. The molecule has 0 spiro atoms. The molecule has 10 heteroatoms. The zero-order chi connectivity index (χ0) is 30.8. The Balaban J connectivity index is 1.67. The first kappa shape index (κ1) is 30.7. The van der Waals surface area contributed by atoms with Gasteiger partial charge in [-0.15, -0.1) is 0 Å². The summed E-state index contributed by atoms with van der Waals surface area (Å²) in [7, 11) is 1.60. The van der Waals surface area contributed by atoms with Gasteiger partial charge in [-0.3, -0.25) is 14.7 Å². The average Bonchev–Trinajstić information content (AvgIpc) is 3.37. The molecule has 3 aromatic rings. The van der Waals surface area contributed by atoms with Crippen LogP contribution in [0.1, 0.15) is 56.5 Å². The summed E-state index contributed by atoms with van der Waals surface area (Å²) in [6.07, 6.45) is -0.128. The smallest absolute Gasteiger partial charge is 0.326 e. The maximum absolute atomic E-state index is 14.7. The monoisotopic (exact) mass is 622 g/mol. The van der Waals surface area contributed by atoms with E-state index in [-0.39, 0.29) is 24.1 Å². The number of halogens is 2. The van der Waals surface area contributed by atoms with E-state index >= 15 is 0 Å². The Morgan fingerprint density at radius 2 is 1.56 bits per heavy atom. The molecule has 0 radical (unpaired) electrons. The molecule has 3 aromatic carbocycles. The lowest BCUT2D eigenvalue weighted by molar-refractivity contribution is -0.132. The Bertz CT molecular complexity index is 1510. The first-order valence-electron chi connectivity index (χ1n) is 14.4. The van der Waals surface area contributed by atoms with Gasteiger partial charge in [0.1, 0.15) is 23.4 Å². The maximum Gasteiger partial charge on any atom is 0.326 e. The molecular weight excluding hydrogens is 587 g/mol. The second kappa shape index (κ2) is 12.9. The van der Waals surface area contributed by atoms with Gasteiger partial charge in [-0.25, -0.2) is 4.79 Å². The highest BCUT2D eigenvalue weighted by molar-refractivity contribution is 6.30.